The Kier molecular flexibility index (Phi) is 4.15. The molecule has 0 bridgehead atoms. The van der Waals surface area contributed by atoms with Crippen molar-refractivity contribution >= 4 is 6.09 Å². The summed E-state index contributed by atoms with van der Waals surface area (Å²) in [5.41, 5.74) is -0.447. The van der Waals surface area contributed by atoms with Crippen LogP contribution in [-0.2, 0) is 9.47 Å². The largest absolute Gasteiger partial charge is 0.444 e. The van der Waals surface area contributed by atoms with Crippen molar-refractivity contribution in [3.63, 3.8) is 0 Å². The topological polar surface area (TPSA) is 50.8 Å². The lowest BCUT2D eigenvalue weighted by Crippen LogP contribution is -2.38. The van der Waals surface area contributed by atoms with Crippen molar-refractivity contribution in [3.05, 3.63) is 0 Å². The summed E-state index contributed by atoms with van der Waals surface area (Å²) >= 11 is 0. The number of nitrogens with one attached hydrogen (secondary N) is 1. The lowest BCUT2D eigenvalue weighted by Gasteiger charge is -2.24. The molecule has 1 heterocycles. The summed E-state index contributed by atoms with van der Waals surface area (Å²) in [5, 5.41) is 3.14. The second-order valence-electron chi connectivity index (χ2n) is 5.05. The number of hydrogen-bond acceptors (Lipinski definition) is 4. The quantitative estimate of drug-likeness (QED) is 0.763. The number of carbonyl (C=O) groups excluding carboxylic acids is 1. The van der Waals surface area contributed by atoms with E-state index >= 15 is 0 Å². The van der Waals surface area contributed by atoms with E-state index in [0.717, 1.165) is 0 Å². The fourth-order valence-electron chi connectivity index (χ4n) is 1.77. The van der Waals surface area contributed by atoms with Crippen LogP contribution < -0.4 is 5.32 Å². The van der Waals surface area contributed by atoms with Crippen LogP contribution in [0.2, 0.25) is 0 Å². The minimum Gasteiger partial charge on any atom is -0.444 e. The van der Waals surface area contributed by atoms with E-state index in [1.165, 1.54) is 0 Å². The summed E-state index contributed by atoms with van der Waals surface area (Å²) in [5.74, 6) is 0. The second kappa shape index (κ2) is 5.01. The smallest absolute Gasteiger partial charge is 0.410 e. The number of nitrogens with zero attached hydrogens (tertiary/aromatic N) is 1. The van der Waals surface area contributed by atoms with Crippen LogP contribution in [0.1, 0.15) is 20.8 Å². The Balaban J connectivity index is 2.54. The lowest BCUT2D eigenvalue weighted by molar-refractivity contribution is 0.0252. The van der Waals surface area contributed by atoms with Gasteiger partial charge in [0, 0.05) is 13.7 Å². The molecular formula is C11H22N2O3. The number of carbonyl (C=O) groups is 1. The van der Waals surface area contributed by atoms with E-state index in [4.69, 9.17) is 9.47 Å². The van der Waals surface area contributed by atoms with Gasteiger partial charge >= 0.3 is 6.09 Å². The predicted octanol–water partition coefficient (Wildman–Crippen LogP) is 0.840. The van der Waals surface area contributed by atoms with Crippen LogP contribution in [0.25, 0.3) is 0 Å². The highest BCUT2D eigenvalue weighted by molar-refractivity contribution is 5.68. The Morgan fingerprint density at radius 3 is 2.38 bits per heavy atom. The van der Waals surface area contributed by atoms with Gasteiger partial charge in [-0.25, -0.2) is 4.79 Å². The van der Waals surface area contributed by atoms with Crippen LogP contribution in [0.3, 0.4) is 0 Å². The summed E-state index contributed by atoms with van der Waals surface area (Å²) < 4.78 is 10.6. The van der Waals surface area contributed by atoms with Gasteiger partial charge in [-0.1, -0.05) is 0 Å². The molecule has 0 aliphatic carbocycles. The first-order valence-corrected chi connectivity index (χ1v) is 5.55. The van der Waals surface area contributed by atoms with Crippen LogP contribution in [0.15, 0.2) is 0 Å². The first-order chi connectivity index (χ1) is 7.37. The molecule has 1 unspecified atom stereocenters. The number of hydrogen-bond donors (Lipinski definition) is 1. The molecule has 1 rings (SSSR count). The Morgan fingerprint density at radius 2 is 2.00 bits per heavy atom. The summed E-state index contributed by atoms with van der Waals surface area (Å²) in [6.07, 6.45) is -0.232. The lowest BCUT2D eigenvalue weighted by atomic mass is 10.2. The van der Waals surface area contributed by atoms with E-state index in [0.29, 0.717) is 13.1 Å². The maximum atomic E-state index is 11.8. The van der Waals surface area contributed by atoms with Gasteiger partial charge in [0.25, 0.3) is 0 Å². The van der Waals surface area contributed by atoms with E-state index in [1.54, 1.807) is 12.0 Å². The van der Waals surface area contributed by atoms with Crippen molar-refractivity contribution in [2.75, 3.05) is 27.2 Å². The van der Waals surface area contributed by atoms with Gasteiger partial charge in [-0.3, -0.25) is 0 Å². The molecule has 0 aromatic heterocycles. The average Bonchev–Trinajstić information content (AvgIpc) is 2.57. The number of methoxy groups -OCH3 is 1. The van der Waals surface area contributed by atoms with Crippen molar-refractivity contribution in [1.29, 1.82) is 0 Å². The number of ether oxygens (including phenoxy) is 2. The fraction of sp³-hybridized carbons (Fsp3) is 0.909. The Labute approximate surface area is 97.1 Å². The van der Waals surface area contributed by atoms with Crippen LogP contribution in [0.5, 0.6) is 0 Å². The summed E-state index contributed by atoms with van der Waals surface area (Å²) in [4.78, 5) is 13.5. The highest BCUT2D eigenvalue weighted by Gasteiger charge is 2.36. The molecule has 1 fully saturated rings. The zero-order valence-corrected chi connectivity index (χ0v) is 10.7. The highest BCUT2D eigenvalue weighted by atomic mass is 16.6. The van der Waals surface area contributed by atoms with Crippen molar-refractivity contribution in [2.24, 2.45) is 0 Å². The molecule has 1 aliphatic heterocycles. The maximum absolute atomic E-state index is 11.8. The standard InChI is InChI=1S/C11H22N2O3/c1-11(2,3)16-10(14)13-6-8(12-4)9(7-13)15-5/h8-9,12H,6-7H2,1-5H3/t8?,9-/m0/s1. The van der Waals surface area contributed by atoms with Gasteiger partial charge in [-0.2, -0.15) is 0 Å². The van der Waals surface area contributed by atoms with Gasteiger partial charge < -0.3 is 19.7 Å². The first kappa shape index (κ1) is 13.3. The molecule has 1 aliphatic rings. The van der Waals surface area contributed by atoms with Crippen LogP contribution >= 0.6 is 0 Å². The zero-order valence-electron chi connectivity index (χ0n) is 10.7. The molecule has 0 radical (unpaired) electrons. The van der Waals surface area contributed by atoms with Gasteiger partial charge in [-0.05, 0) is 27.8 Å². The zero-order chi connectivity index (χ0) is 12.3. The molecule has 0 spiro atoms. The van der Waals surface area contributed by atoms with Crippen molar-refractivity contribution in [3.8, 4) is 0 Å². The summed E-state index contributed by atoms with van der Waals surface area (Å²) in [6, 6.07) is 0.178. The molecule has 94 valence electrons. The molecule has 5 heteroatoms. The van der Waals surface area contributed by atoms with Crippen molar-refractivity contribution in [2.45, 2.75) is 38.5 Å². The van der Waals surface area contributed by atoms with Crippen LogP contribution in [0.4, 0.5) is 4.79 Å². The predicted molar refractivity (Wildman–Crippen MR) is 61.5 cm³/mol. The molecule has 1 amide bonds. The third-order valence-electron chi connectivity index (χ3n) is 2.59. The highest BCUT2D eigenvalue weighted by Crippen LogP contribution is 2.17. The molecule has 2 atom stereocenters. The summed E-state index contributed by atoms with van der Waals surface area (Å²) in [7, 11) is 3.53. The monoisotopic (exact) mass is 230 g/mol. The normalized spacial score (nSPS) is 25.9. The van der Waals surface area contributed by atoms with Crippen molar-refractivity contribution in [1.82, 2.24) is 10.2 Å². The Bertz CT molecular complexity index is 238. The number of likely N-dealkylation sites (tertiary alicyclic amines) is 1. The van der Waals surface area contributed by atoms with E-state index in [9.17, 15) is 4.79 Å². The van der Waals surface area contributed by atoms with Crippen molar-refractivity contribution < 1.29 is 14.3 Å². The minimum absolute atomic E-state index is 0.0394. The van der Waals surface area contributed by atoms with E-state index in [2.05, 4.69) is 5.32 Å². The fourth-order valence-corrected chi connectivity index (χ4v) is 1.77. The van der Waals surface area contributed by atoms with Crippen LogP contribution in [-0.4, -0.2) is 56.0 Å². The second-order valence-corrected chi connectivity index (χ2v) is 5.05. The number of rotatable bonds is 2. The van der Waals surface area contributed by atoms with Gasteiger partial charge in [0.15, 0.2) is 0 Å². The number of amides is 1. The Hall–Kier alpha value is -0.810. The van der Waals surface area contributed by atoms with Gasteiger partial charge in [0.1, 0.15) is 5.60 Å². The van der Waals surface area contributed by atoms with Gasteiger partial charge in [0.05, 0.1) is 18.7 Å². The van der Waals surface area contributed by atoms with E-state index < -0.39 is 5.60 Å². The SMILES string of the molecule is CNC1CN(C(=O)OC(C)(C)C)C[C@@H]1OC. The maximum Gasteiger partial charge on any atom is 0.410 e. The van der Waals surface area contributed by atoms with Gasteiger partial charge in [0.2, 0.25) is 0 Å². The molecule has 0 aromatic carbocycles. The minimum atomic E-state index is -0.447. The molecule has 16 heavy (non-hydrogen) atoms. The number of likely N-dealkylation sites (N-methyl/N-ethyl adjacent to an activating group) is 1. The molecule has 0 saturated carbocycles. The van der Waals surface area contributed by atoms with E-state index in [-0.39, 0.29) is 18.2 Å². The molecule has 1 N–H and O–H groups in total. The molecular weight excluding hydrogens is 208 g/mol. The average molecular weight is 230 g/mol. The molecule has 0 aromatic rings. The van der Waals surface area contributed by atoms with Gasteiger partial charge in [-0.15, -0.1) is 0 Å². The third-order valence-corrected chi connectivity index (χ3v) is 2.59. The Morgan fingerprint density at radius 1 is 1.38 bits per heavy atom. The first-order valence-electron chi connectivity index (χ1n) is 5.55. The van der Waals surface area contributed by atoms with E-state index in [1.807, 2.05) is 27.8 Å². The summed E-state index contributed by atoms with van der Waals surface area (Å²) in [6.45, 7) is 6.81. The molecule has 1 saturated heterocycles. The third kappa shape index (κ3) is 3.35. The molecule has 5 nitrogen and oxygen atoms in total. The van der Waals surface area contributed by atoms with Crippen LogP contribution in [0, 0.1) is 0 Å².